The number of rotatable bonds is 6. The first-order chi connectivity index (χ1) is 12.2. The van der Waals surface area contributed by atoms with Crippen molar-refractivity contribution >= 4 is 22.7 Å². The van der Waals surface area contributed by atoms with E-state index >= 15 is 0 Å². The molecule has 0 aliphatic rings. The van der Waals surface area contributed by atoms with Gasteiger partial charge in [-0.15, -0.1) is 11.3 Å². The van der Waals surface area contributed by atoms with Crippen molar-refractivity contribution in [2.24, 2.45) is 5.10 Å². The van der Waals surface area contributed by atoms with E-state index in [4.69, 9.17) is 9.47 Å². The molecule has 0 aliphatic heterocycles. The highest BCUT2D eigenvalue weighted by Gasteiger charge is 2.08. The van der Waals surface area contributed by atoms with Gasteiger partial charge in [0.1, 0.15) is 11.5 Å². The summed E-state index contributed by atoms with van der Waals surface area (Å²) in [5.41, 5.74) is 2.98. The van der Waals surface area contributed by atoms with Gasteiger partial charge >= 0.3 is 0 Å². The normalized spacial score (nSPS) is 10.8. The maximum absolute atomic E-state index is 5.18. The van der Waals surface area contributed by atoms with E-state index < -0.39 is 0 Å². The molecule has 0 saturated heterocycles. The van der Waals surface area contributed by atoms with Crippen LogP contribution in [0, 0.1) is 0 Å². The van der Waals surface area contributed by atoms with Crippen molar-refractivity contribution in [3.05, 3.63) is 59.5 Å². The van der Waals surface area contributed by atoms with Crippen LogP contribution in [0.5, 0.6) is 11.5 Å². The Balaban J connectivity index is 1.70. The lowest BCUT2D eigenvalue weighted by atomic mass is 10.2. The van der Waals surface area contributed by atoms with Crippen molar-refractivity contribution in [2.45, 2.75) is 0 Å². The second-order valence-corrected chi connectivity index (χ2v) is 6.12. The van der Waals surface area contributed by atoms with Crippen LogP contribution < -0.4 is 14.5 Å². The second-order valence-electron chi connectivity index (χ2n) is 5.29. The first-order valence-corrected chi connectivity index (χ1v) is 8.59. The number of thiazole rings is 1. The fourth-order valence-corrected chi connectivity index (χ4v) is 2.96. The van der Waals surface area contributed by atoms with Crippen LogP contribution in [0.2, 0.25) is 0 Å². The highest BCUT2D eigenvalue weighted by atomic mass is 32.1. The fraction of sp³-hybridized carbons (Fsp3) is 0.158. The standard InChI is InChI=1S/C19H19N3O2S/c1-22(20-12-14-4-8-16(23-2)9-5-14)19-21-18(13-25-19)15-6-10-17(24-3)11-7-15/h4-13H,1-3H3. The third-order valence-electron chi connectivity index (χ3n) is 3.65. The van der Waals surface area contributed by atoms with E-state index in [1.807, 2.05) is 61.0 Å². The van der Waals surface area contributed by atoms with Gasteiger partial charge in [-0.2, -0.15) is 5.10 Å². The molecule has 0 fully saturated rings. The molecule has 0 N–H and O–H groups in total. The lowest BCUT2D eigenvalue weighted by Crippen LogP contribution is -2.08. The van der Waals surface area contributed by atoms with Crippen molar-refractivity contribution in [3.8, 4) is 22.8 Å². The summed E-state index contributed by atoms with van der Waals surface area (Å²) in [4.78, 5) is 4.65. The molecule has 6 heteroatoms. The van der Waals surface area contributed by atoms with Crippen LogP contribution in [0.15, 0.2) is 59.0 Å². The van der Waals surface area contributed by atoms with Crippen LogP contribution in [-0.2, 0) is 0 Å². The number of hydrogen-bond donors (Lipinski definition) is 0. The molecular formula is C19H19N3O2S. The summed E-state index contributed by atoms with van der Waals surface area (Å²) in [5, 5.41) is 9.07. The van der Waals surface area contributed by atoms with Crippen LogP contribution >= 0.6 is 11.3 Å². The molecule has 5 nitrogen and oxygen atoms in total. The molecule has 1 aromatic heterocycles. The van der Waals surface area contributed by atoms with Crippen molar-refractivity contribution in [3.63, 3.8) is 0 Å². The van der Waals surface area contributed by atoms with Crippen LogP contribution in [0.25, 0.3) is 11.3 Å². The molecule has 25 heavy (non-hydrogen) atoms. The number of anilines is 1. The molecule has 0 atom stereocenters. The van der Waals surface area contributed by atoms with E-state index in [1.54, 1.807) is 36.8 Å². The first-order valence-electron chi connectivity index (χ1n) is 7.71. The van der Waals surface area contributed by atoms with Crippen LogP contribution in [0.1, 0.15) is 5.56 Å². The zero-order valence-corrected chi connectivity index (χ0v) is 15.2. The van der Waals surface area contributed by atoms with Crippen LogP contribution in [-0.4, -0.2) is 32.5 Å². The molecule has 3 aromatic rings. The van der Waals surface area contributed by atoms with Gasteiger partial charge in [0.25, 0.3) is 0 Å². The summed E-state index contributed by atoms with van der Waals surface area (Å²) < 4.78 is 10.3. The average molecular weight is 353 g/mol. The maximum atomic E-state index is 5.18. The van der Waals surface area contributed by atoms with Gasteiger partial charge in [0.05, 0.1) is 26.1 Å². The Morgan fingerprint density at radius 3 is 2.16 bits per heavy atom. The number of methoxy groups -OCH3 is 2. The molecule has 0 radical (unpaired) electrons. The highest BCUT2D eigenvalue weighted by molar-refractivity contribution is 7.14. The molecular weight excluding hydrogens is 334 g/mol. The van der Waals surface area contributed by atoms with Crippen molar-refractivity contribution in [1.82, 2.24) is 4.98 Å². The molecule has 3 rings (SSSR count). The minimum atomic E-state index is 0.828. The molecule has 0 unspecified atom stereocenters. The van der Waals surface area contributed by atoms with Gasteiger partial charge in [-0.3, -0.25) is 0 Å². The molecule has 128 valence electrons. The molecule has 0 aliphatic carbocycles. The first kappa shape index (κ1) is 17.0. The zero-order valence-electron chi connectivity index (χ0n) is 14.3. The molecule has 0 saturated carbocycles. The van der Waals surface area contributed by atoms with E-state index in [0.717, 1.165) is 33.5 Å². The number of benzene rings is 2. The summed E-state index contributed by atoms with van der Waals surface area (Å²) >= 11 is 1.55. The monoisotopic (exact) mass is 353 g/mol. The van der Waals surface area contributed by atoms with Gasteiger partial charge in [0.2, 0.25) is 5.13 Å². The minimum Gasteiger partial charge on any atom is -0.497 e. The summed E-state index contributed by atoms with van der Waals surface area (Å²) in [6.45, 7) is 0. The van der Waals surface area contributed by atoms with E-state index in [-0.39, 0.29) is 0 Å². The Morgan fingerprint density at radius 1 is 0.960 bits per heavy atom. The smallest absolute Gasteiger partial charge is 0.206 e. The van der Waals surface area contributed by atoms with E-state index in [9.17, 15) is 0 Å². The summed E-state index contributed by atoms with van der Waals surface area (Å²) in [6.07, 6.45) is 1.80. The Kier molecular flexibility index (Phi) is 5.30. The number of nitrogens with zero attached hydrogens (tertiary/aromatic N) is 3. The summed E-state index contributed by atoms with van der Waals surface area (Å²) in [5.74, 6) is 1.66. The predicted octanol–water partition coefficient (Wildman–Crippen LogP) is 4.30. The lowest BCUT2D eigenvalue weighted by Gasteiger charge is -2.08. The molecule has 2 aromatic carbocycles. The summed E-state index contributed by atoms with van der Waals surface area (Å²) in [7, 11) is 5.20. The fourth-order valence-electron chi connectivity index (χ4n) is 2.20. The van der Waals surface area contributed by atoms with Gasteiger partial charge in [0.15, 0.2) is 0 Å². The molecule has 1 heterocycles. The van der Waals surface area contributed by atoms with Crippen molar-refractivity contribution in [2.75, 3.05) is 26.3 Å². The third kappa shape index (κ3) is 4.16. The van der Waals surface area contributed by atoms with Crippen LogP contribution in [0.3, 0.4) is 0 Å². The quantitative estimate of drug-likeness (QED) is 0.490. The minimum absolute atomic E-state index is 0.828. The van der Waals surface area contributed by atoms with E-state index in [1.165, 1.54) is 0 Å². The maximum Gasteiger partial charge on any atom is 0.206 e. The Morgan fingerprint density at radius 2 is 1.56 bits per heavy atom. The van der Waals surface area contributed by atoms with Gasteiger partial charge in [0, 0.05) is 18.0 Å². The highest BCUT2D eigenvalue weighted by Crippen LogP contribution is 2.28. The molecule has 0 bridgehead atoms. The van der Waals surface area contributed by atoms with E-state index in [2.05, 4.69) is 10.1 Å². The Bertz CT molecular complexity index is 842. The van der Waals surface area contributed by atoms with Gasteiger partial charge < -0.3 is 9.47 Å². The Hall–Kier alpha value is -2.86. The third-order valence-corrected chi connectivity index (χ3v) is 4.56. The van der Waals surface area contributed by atoms with E-state index in [0.29, 0.717) is 0 Å². The molecule has 0 amide bonds. The largest absolute Gasteiger partial charge is 0.497 e. The lowest BCUT2D eigenvalue weighted by molar-refractivity contribution is 0.414. The predicted molar refractivity (Wildman–Crippen MR) is 103 cm³/mol. The van der Waals surface area contributed by atoms with Crippen LogP contribution in [0.4, 0.5) is 5.13 Å². The van der Waals surface area contributed by atoms with Gasteiger partial charge in [-0.25, -0.2) is 9.99 Å². The van der Waals surface area contributed by atoms with Crippen molar-refractivity contribution < 1.29 is 9.47 Å². The van der Waals surface area contributed by atoms with Crippen molar-refractivity contribution in [1.29, 1.82) is 0 Å². The molecule has 0 spiro atoms. The van der Waals surface area contributed by atoms with Gasteiger partial charge in [-0.05, 0) is 54.1 Å². The SMILES string of the molecule is COc1ccc(C=NN(C)c2nc(-c3ccc(OC)cc3)cs2)cc1. The average Bonchev–Trinajstić information content (AvgIpc) is 3.17. The zero-order chi connectivity index (χ0) is 17.6. The topological polar surface area (TPSA) is 47.0 Å². The number of ether oxygens (including phenoxy) is 2. The number of aromatic nitrogens is 1. The Labute approximate surface area is 151 Å². The summed E-state index contributed by atoms with van der Waals surface area (Å²) in [6, 6.07) is 15.6. The number of hydrogen-bond acceptors (Lipinski definition) is 6. The number of hydrazone groups is 1. The van der Waals surface area contributed by atoms with Gasteiger partial charge in [-0.1, -0.05) is 0 Å². The second kappa shape index (κ2) is 7.81.